The van der Waals surface area contributed by atoms with Crippen LogP contribution >= 0.6 is 11.8 Å². The summed E-state index contributed by atoms with van der Waals surface area (Å²) in [5.74, 6) is 0.225. The first-order valence-electron chi connectivity index (χ1n) is 8.05. The van der Waals surface area contributed by atoms with Crippen LogP contribution < -0.4 is 21.3 Å². The predicted octanol–water partition coefficient (Wildman–Crippen LogP) is 2.89. The molecule has 7 nitrogen and oxygen atoms in total. The molecule has 1 amide bonds. The average molecular weight is 362 g/mol. The molecule has 0 spiro atoms. The minimum atomic E-state index is -0.474. The van der Waals surface area contributed by atoms with Crippen LogP contribution in [0.2, 0.25) is 0 Å². The summed E-state index contributed by atoms with van der Waals surface area (Å²) in [5, 5.41) is 3.26. The highest BCUT2D eigenvalue weighted by Crippen LogP contribution is 2.23. The van der Waals surface area contributed by atoms with Crippen LogP contribution in [0.15, 0.2) is 34.2 Å². The van der Waals surface area contributed by atoms with Gasteiger partial charge >= 0.3 is 0 Å². The molecule has 0 bridgehead atoms. The molecule has 2 aromatic rings. The van der Waals surface area contributed by atoms with Crippen molar-refractivity contribution >= 4 is 29.2 Å². The molecule has 1 aromatic carbocycles. The van der Waals surface area contributed by atoms with E-state index in [1.54, 1.807) is 24.3 Å². The van der Waals surface area contributed by atoms with E-state index in [4.69, 9.17) is 10.5 Å². The topological polar surface area (TPSA) is 110 Å². The number of rotatable bonds is 7. The van der Waals surface area contributed by atoms with E-state index in [2.05, 4.69) is 15.3 Å². The number of nitrogens with one attached hydrogen (secondary N) is 2. The Hall–Kier alpha value is -2.48. The normalized spacial score (nSPS) is 11.8. The smallest absolute Gasteiger partial charge is 0.277 e. The van der Waals surface area contributed by atoms with Crippen molar-refractivity contribution in [3.63, 3.8) is 0 Å². The van der Waals surface area contributed by atoms with Crippen molar-refractivity contribution in [1.29, 1.82) is 0 Å². The Kier molecular flexibility index (Phi) is 6.46. The summed E-state index contributed by atoms with van der Waals surface area (Å²) < 4.78 is 5.33. The number of carbonyl (C=O) groups is 1. The number of amides is 1. The maximum atomic E-state index is 12.3. The molecule has 0 saturated heterocycles. The number of nitrogen functional groups attached to an aromatic ring is 1. The fourth-order valence-corrected chi connectivity index (χ4v) is 2.83. The molecule has 0 saturated carbocycles. The van der Waals surface area contributed by atoms with Crippen molar-refractivity contribution in [3.05, 3.63) is 40.2 Å². The minimum absolute atomic E-state index is 0.00570. The van der Waals surface area contributed by atoms with Gasteiger partial charge in [0.1, 0.15) is 11.4 Å². The van der Waals surface area contributed by atoms with Crippen LogP contribution in [-0.2, 0) is 0 Å². The first-order valence-corrected chi connectivity index (χ1v) is 8.93. The lowest BCUT2D eigenvalue weighted by molar-refractivity contribution is 0.102. The van der Waals surface area contributed by atoms with Gasteiger partial charge in [0.05, 0.1) is 6.61 Å². The van der Waals surface area contributed by atoms with Crippen molar-refractivity contribution in [2.45, 2.75) is 37.6 Å². The molecule has 0 unspecified atom stereocenters. The highest BCUT2D eigenvalue weighted by molar-refractivity contribution is 7.99. The number of hydrogen-bond donors (Lipinski definition) is 3. The van der Waals surface area contributed by atoms with Crippen LogP contribution in [0.5, 0.6) is 5.75 Å². The third kappa shape index (κ3) is 4.99. The maximum absolute atomic E-state index is 12.3. The Morgan fingerprint density at radius 1 is 1.36 bits per heavy atom. The lowest BCUT2D eigenvalue weighted by atomic mass is 10.2. The number of thioether (sulfide) groups is 1. The number of nitrogens with zero attached hydrogens (tertiary/aromatic N) is 1. The standard InChI is InChI=1S/C17H22N4O3S/c1-4-10(3)25-17-20-14(18)13(16(23)21-17)19-15(22)11-6-8-12(9-7-11)24-5-2/h6-10H,4-5H2,1-3H3,(H,19,22)(H3,18,20,21,23)/t10-/m0/s1. The van der Waals surface area contributed by atoms with Gasteiger partial charge in [0.25, 0.3) is 11.5 Å². The zero-order valence-electron chi connectivity index (χ0n) is 14.5. The Morgan fingerprint density at radius 2 is 2.04 bits per heavy atom. The van der Waals surface area contributed by atoms with Gasteiger partial charge in [-0.1, -0.05) is 25.6 Å². The molecule has 134 valence electrons. The molecule has 0 aliphatic heterocycles. The van der Waals surface area contributed by atoms with Crippen molar-refractivity contribution < 1.29 is 9.53 Å². The molecule has 25 heavy (non-hydrogen) atoms. The van der Waals surface area contributed by atoms with Crippen LogP contribution in [0.4, 0.5) is 11.5 Å². The summed E-state index contributed by atoms with van der Waals surface area (Å²) in [7, 11) is 0. The highest BCUT2D eigenvalue weighted by atomic mass is 32.2. The molecular formula is C17H22N4O3S. The number of ether oxygens (including phenoxy) is 1. The van der Waals surface area contributed by atoms with E-state index in [0.29, 0.717) is 28.3 Å². The van der Waals surface area contributed by atoms with Crippen LogP contribution in [0.25, 0.3) is 0 Å². The predicted molar refractivity (Wildman–Crippen MR) is 100 cm³/mol. The van der Waals surface area contributed by atoms with E-state index < -0.39 is 11.5 Å². The zero-order valence-corrected chi connectivity index (χ0v) is 15.3. The lowest BCUT2D eigenvalue weighted by Crippen LogP contribution is -2.23. The molecule has 0 radical (unpaired) electrons. The van der Waals surface area contributed by atoms with Gasteiger partial charge in [-0.15, -0.1) is 0 Å². The van der Waals surface area contributed by atoms with Gasteiger partial charge in [0.15, 0.2) is 11.0 Å². The Bertz CT molecular complexity index is 789. The Labute approximate surface area is 150 Å². The SMILES string of the molecule is CCOc1ccc(C(=O)Nc2c(N)nc(S[C@@H](C)CC)[nH]c2=O)cc1. The van der Waals surface area contributed by atoms with Gasteiger partial charge in [-0.05, 0) is 37.6 Å². The first kappa shape index (κ1) is 18.9. The summed E-state index contributed by atoms with van der Waals surface area (Å²) in [6.45, 7) is 6.50. The van der Waals surface area contributed by atoms with Gasteiger partial charge in [-0.2, -0.15) is 0 Å². The number of benzene rings is 1. The molecule has 1 atom stereocenters. The zero-order chi connectivity index (χ0) is 18.4. The van der Waals surface area contributed by atoms with Gasteiger partial charge in [-0.25, -0.2) is 4.98 Å². The second-order valence-corrected chi connectivity index (χ2v) is 6.81. The molecule has 8 heteroatoms. The van der Waals surface area contributed by atoms with Crippen molar-refractivity contribution in [1.82, 2.24) is 9.97 Å². The number of hydrogen-bond acceptors (Lipinski definition) is 6. The average Bonchev–Trinajstić information content (AvgIpc) is 2.58. The number of H-pyrrole nitrogens is 1. The molecule has 1 aromatic heterocycles. The Morgan fingerprint density at radius 3 is 2.60 bits per heavy atom. The van der Waals surface area contributed by atoms with Gasteiger partial charge in [0.2, 0.25) is 0 Å². The third-order valence-corrected chi connectivity index (χ3v) is 4.63. The number of aromatic nitrogens is 2. The molecule has 1 heterocycles. The Balaban J connectivity index is 2.16. The van der Waals surface area contributed by atoms with E-state index in [1.165, 1.54) is 11.8 Å². The highest BCUT2D eigenvalue weighted by Gasteiger charge is 2.15. The van der Waals surface area contributed by atoms with Crippen LogP contribution in [0, 0.1) is 0 Å². The van der Waals surface area contributed by atoms with Gasteiger partial charge < -0.3 is 15.8 Å². The fraction of sp³-hybridized carbons (Fsp3) is 0.353. The van der Waals surface area contributed by atoms with Crippen molar-refractivity contribution in [2.24, 2.45) is 0 Å². The number of nitrogens with two attached hydrogens (primary N) is 1. The largest absolute Gasteiger partial charge is 0.494 e. The van der Waals surface area contributed by atoms with Crippen LogP contribution in [-0.4, -0.2) is 27.7 Å². The van der Waals surface area contributed by atoms with Crippen molar-refractivity contribution in [2.75, 3.05) is 17.7 Å². The fourth-order valence-electron chi connectivity index (χ4n) is 1.97. The number of aromatic amines is 1. The summed E-state index contributed by atoms with van der Waals surface area (Å²) >= 11 is 1.43. The van der Waals surface area contributed by atoms with Crippen molar-refractivity contribution in [3.8, 4) is 5.75 Å². The lowest BCUT2D eigenvalue weighted by Gasteiger charge is -2.11. The summed E-state index contributed by atoms with van der Waals surface area (Å²) in [6.07, 6.45) is 0.935. The second kappa shape index (κ2) is 8.57. The summed E-state index contributed by atoms with van der Waals surface area (Å²) in [4.78, 5) is 31.3. The van der Waals surface area contributed by atoms with E-state index in [9.17, 15) is 9.59 Å². The molecule has 0 fully saturated rings. The second-order valence-electron chi connectivity index (χ2n) is 5.38. The van der Waals surface area contributed by atoms with E-state index >= 15 is 0 Å². The van der Waals surface area contributed by atoms with Gasteiger partial charge in [-0.3, -0.25) is 14.6 Å². The van der Waals surface area contributed by atoms with E-state index in [1.807, 2.05) is 20.8 Å². The maximum Gasteiger partial charge on any atom is 0.277 e. The molecule has 4 N–H and O–H groups in total. The minimum Gasteiger partial charge on any atom is -0.494 e. The van der Waals surface area contributed by atoms with E-state index in [0.717, 1.165) is 6.42 Å². The monoisotopic (exact) mass is 362 g/mol. The third-order valence-electron chi connectivity index (χ3n) is 3.48. The summed E-state index contributed by atoms with van der Waals surface area (Å²) in [5.41, 5.74) is 5.72. The quantitative estimate of drug-likeness (QED) is 0.516. The number of anilines is 2. The molecule has 2 rings (SSSR count). The molecule has 0 aliphatic rings. The molecular weight excluding hydrogens is 340 g/mol. The van der Waals surface area contributed by atoms with Gasteiger partial charge in [0, 0.05) is 10.8 Å². The summed E-state index contributed by atoms with van der Waals surface area (Å²) in [6, 6.07) is 6.61. The van der Waals surface area contributed by atoms with E-state index in [-0.39, 0.29) is 11.5 Å². The number of carbonyl (C=O) groups excluding carboxylic acids is 1. The van der Waals surface area contributed by atoms with Crippen LogP contribution in [0.1, 0.15) is 37.6 Å². The molecule has 0 aliphatic carbocycles. The van der Waals surface area contributed by atoms with Crippen LogP contribution in [0.3, 0.4) is 0 Å². The first-order chi connectivity index (χ1) is 11.9.